The molecule has 0 radical (unpaired) electrons. The van der Waals surface area contributed by atoms with Crippen molar-refractivity contribution in [3.05, 3.63) is 17.5 Å². The predicted octanol–water partition coefficient (Wildman–Crippen LogP) is 2.22. The largest absolute Gasteiger partial charge is 0.409 e. The van der Waals surface area contributed by atoms with Gasteiger partial charge in [-0.2, -0.15) is 0 Å². The van der Waals surface area contributed by atoms with Crippen molar-refractivity contribution < 1.29 is 5.21 Å². The zero-order valence-corrected chi connectivity index (χ0v) is 8.94. The third-order valence-electron chi connectivity index (χ3n) is 1.59. The average Bonchev–Trinajstić information content (AvgIpc) is 2.65. The number of amidine groups is 1. The van der Waals surface area contributed by atoms with Crippen LogP contribution in [-0.2, 0) is 0 Å². The second kappa shape index (κ2) is 5.14. The van der Waals surface area contributed by atoms with Crippen LogP contribution >= 0.6 is 23.1 Å². The first-order valence-electron chi connectivity index (χ1n) is 3.87. The summed E-state index contributed by atoms with van der Waals surface area (Å²) in [7, 11) is 0. The molecule has 3 N–H and O–H groups in total. The van der Waals surface area contributed by atoms with Crippen LogP contribution in [0.5, 0.6) is 0 Å². The van der Waals surface area contributed by atoms with Gasteiger partial charge in [0.25, 0.3) is 0 Å². The zero-order chi connectivity index (χ0) is 9.68. The van der Waals surface area contributed by atoms with E-state index in [1.807, 2.05) is 18.4 Å². The molecule has 1 atom stereocenters. The maximum absolute atomic E-state index is 8.42. The number of nitrogens with zero attached hydrogens (tertiary/aromatic N) is 1. The minimum Gasteiger partial charge on any atom is -0.409 e. The molecule has 0 aliphatic rings. The first kappa shape index (κ1) is 10.4. The van der Waals surface area contributed by atoms with Crippen molar-refractivity contribution in [2.24, 2.45) is 16.8 Å². The third kappa shape index (κ3) is 3.28. The smallest absolute Gasteiger partial charge is 0.142 e. The van der Waals surface area contributed by atoms with Crippen LogP contribution < -0.4 is 5.73 Å². The fourth-order valence-electron chi connectivity index (χ4n) is 0.737. The van der Waals surface area contributed by atoms with Crippen LogP contribution in [0.15, 0.2) is 26.9 Å². The van der Waals surface area contributed by atoms with Gasteiger partial charge >= 0.3 is 0 Å². The van der Waals surface area contributed by atoms with Gasteiger partial charge < -0.3 is 10.9 Å². The summed E-state index contributed by atoms with van der Waals surface area (Å²) in [6.07, 6.45) is 0. The molecule has 0 bridgehead atoms. The quantitative estimate of drug-likeness (QED) is 0.267. The van der Waals surface area contributed by atoms with E-state index in [1.54, 1.807) is 23.1 Å². The lowest BCUT2D eigenvalue weighted by Gasteiger charge is -2.07. The third-order valence-corrected chi connectivity index (χ3v) is 3.98. The van der Waals surface area contributed by atoms with Crippen molar-refractivity contribution >= 4 is 28.9 Å². The lowest BCUT2D eigenvalue weighted by Crippen LogP contribution is -2.22. The number of oxime groups is 1. The number of thiophene rings is 1. The van der Waals surface area contributed by atoms with Crippen molar-refractivity contribution in [1.82, 2.24) is 0 Å². The lowest BCUT2D eigenvalue weighted by molar-refractivity contribution is 0.315. The van der Waals surface area contributed by atoms with Crippen molar-refractivity contribution in [2.45, 2.75) is 11.1 Å². The Morgan fingerprint density at radius 2 is 2.62 bits per heavy atom. The molecular weight excluding hydrogens is 204 g/mol. The maximum Gasteiger partial charge on any atom is 0.142 e. The summed E-state index contributed by atoms with van der Waals surface area (Å²) in [4.78, 5) is 0. The van der Waals surface area contributed by atoms with E-state index >= 15 is 0 Å². The standard InChI is InChI=1S/C8H12N2OS2/c1-6(8(9)10-11)5-13-7-3-2-4-12-7/h2-4,6,11H,5H2,1H3,(H2,9,10). The molecule has 0 saturated heterocycles. The molecule has 0 aromatic carbocycles. The van der Waals surface area contributed by atoms with Crippen molar-refractivity contribution in [3.63, 3.8) is 0 Å². The molecule has 1 aromatic rings. The SMILES string of the molecule is CC(CSc1cccs1)/C(N)=N/O. The monoisotopic (exact) mass is 216 g/mol. The highest BCUT2D eigenvalue weighted by Gasteiger charge is 2.08. The highest BCUT2D eigenvalue weighted by atomic mass is 32.2. The molecule has 5 heteroatoms. The highest BCUT2D eigenvalue weighted by molar-refractivity contribution is 8.01. The topological polar surface area (TPSA) is 58.6 Å². The van der Waals surface area contributed by atoms with E-state index < -0.39 is 0 Å². The van der Waals surface area contributed by atoms with Crippen LogP contribution in [0.2, 0.25) is 0 Å². The summed E-state index contributed by atoms with van der Waals surface area (Å²) in [6.45, 7) is 1.94. The van der Waals surface area contributed by atoms with E-state index in [2.05, 4.69) is 11.2 Å². The number of nitrogens with two attached hydrogens (primary N) is 1. The van der Waals surface area contributed by atoms with Gasteiger partial charge in [-0.1, -0.05) is 18.1 Å². The second-order valence-electron chi connectivity index (χ2n) is 2.67. The van der Waals surface area contributed by atoms with E-state index in [0.717, 1.165) is 5.75 Å². The van der Waals surface area contributed by atoms with Crippen LogP contribution in [-0.4, -0.2) is 16.8 Å². The minimum absolute atomic E-state index is 0.108. The summed E-state index contributed by atoms with van der Waals surface area (Å²) < 4.78 is 1.26. The van der Waals surface area contributed by atoms with Crippen LogP contribution in [0.25, 0.3) is 0 Å². The summed E-state index contributed by atoms with van der Waals surface area (Å²) in [5, 5.41) is 13.4. The van der Waals surface area contributed by atoms with E-state index in [0.29, 0.717) is 5.84 Å². The highest BCUT2D eigenvalue weighted by Crippen LogP contribution is 2.25. The van der Waals surface area contributed by atoms with Gasteiger partial charge in [-0.3, -0.25) is 0 Å². The van der Waals surface area contributed by atoms with Gasteiger partial charge in [-0.25, -0.2) is 0 Å². The molecule has 0 spiro atoms. The summed E-state index contributed by atoms with van der Waals surface area (Å²) >= 11 is 3.43. The van der Waals surface area contributed by atoms with E-state index in [4.69, 9.17) is 10.9 Å². The Morgan fingerprint density at radius 1 is 1.85 bits per heavy atom. The average molecular weight is 216 g/mol. The van der Waals surface area contributed by atoms with Crippen LogP contribution in [0.1, 0.15) is 6.92 Å². The van der Waals surface area contributed by atoms with Crippen LogP contribution in [0.4, 0.5) is 0 Å². The minimum atomic E-state index is 0.108. The van der Waals surface area contributed by atoms with E-state index in [-0.39, 0.29) is 5.92 Å². The molecule has 1 heterocycles. The molecule has 1 unspecified atom stereocenters. The summed E-state index contributed by atoms with van der Waals surface area (Å²) in [5.41, 5.74) is 5.45. The van der Waals surface area contributed by atoms with E-state index in [9.17, 15) is 0 Å². The van der Waals surface area contributed by atoms with Gasteiger partial charge in [0.2, 0.25) is 0 Å². The second-order valence-corrected chi connectivity index (χ2v) is 4.94. The number of hydrogen-bond acceptors (Lipinski definition) is 4. The molecule has 0 aliphatic heterocycles. The van der Waals surface area contributed by atoms with Crippen molar-refractivity contribution in [3.8, 4) is 0 Å². The van der Waals surface area contributed by atoms with Crippen molar-refractivity contribution in [1.29, 1.82) is 0 Å². The van der Waals surface area contributed by atoms with Crippen LogP contribution in [0, 0.1) is 5.92 Å². The molecule has 72 valence electrons. The van der Waals surface area contributed by atoms with Gasteiger partial charge in [0.05, 0.1) is 4.21 Å². The fourth-order valence-corrected chi connectivity index (χ4v) is 2.59. The first-order chi connectivity index (χ1) is 6.24. The van der Waals surface area contributed by atoms with Gasteiger partial charge in [0.1, 0.15) is 5.84 Å². The van der Waals surface area contributed by atoms with Gasteiger partial charge in [0.15, 0.2) is 0 Å². The van der Waals surface area contributed by atoms with Gasteiger partial charge in [-0.15, -0.1) is 23.1 Å². The van der Waals surface area contributed by atoms with Crippen LogP contribution in [0.3, 0.4) is 0 Å². The zero-order valence-electron chi connectivity index (χ0n) is 7.30. The number of thioether (sulfide) groups is 1. The molecule has 1 aromatic heterocycles. The number of rotatable bonds is 4. The Morgan fingerprint density at radius 3 is 3.15 bits per heavy atom. The molecular formula is C8H12N2OS2. The first-order valence-corrected chi connectivity index (χ1v) is 5.74. The Labute approximate surface area is 85.6 Å². The van der Waals surface area contributed by atoms with Gasteiger partial charge in [0, 0.05) is 11.7 Å². The normalized spacial score (nSPS) is 14.4. The Bertz CT molecular complexity index is 272. The summed E-state index contributed by atoms with van der Waals surface area (Å²) in [5.74, 6) is 1.25. The van der Waals surface area contributed by atoms with Gasteiger partial charge in [-0.05, 0) is 11.4 Å². The Kier molecular flexibility index (Phi) is 4.11. The maximum atomic E-state index is 8.42. The molecule has 0 saturated carbocycles. The molecule has 0 fully saturated rings. The van der Waals surface area contributed by atoms with Crippen molar-refractivity contribution in [2.75, 3.05) is 5.75 Å². The molecule has 0 amide bonds. The lowest BCUT2D eigenvalue weighted by atomic mass is 10.2. The molecule has 3 nitrogen and oxygen atoms in total. The molecule has 1 rings (SSSR count). The Hall–Kier alpha value is -0.680. The summed E-state index contributed by atoms with van der Waals surface area (Å²) in [6, 6.07) is 4.08. The number of hydrogen-bond donors (Lipinski definition) is 2. The predicted molar refractivity (Wildman–Crippen MR) is 57.6 cm³/mol. The molecule has 13 heavy (non-hydrogen) atoms. The van der Waals surface area contributed by atoms with E-state index in [1.165, 1.54) is 4.21 Å². The fraction of sp³-hybridized carbons (Fsp3) is 0.375. The Balaban J connectivity index is 2.35. The molecule has 0 aliphatic carbocycles.